The molecule has 8 aliphatic carbocycles. The minimum atomic E-state index is 0.117. The van der Waals surface area contributed by atoms with Crippen LogP contribution in [-0.4, -0.2) is 12.2 Å². The Morgan fingerprint density at radius 2 is 0.792 bits per heavy atom. The van der Waals surface area contributed by atoms with Crippen LogP contribution in [0.2, 0.25) is 0 Å². The lowest BCUT2D eigenvalue weighted by Crippen LogP contribution is -2.75. The SMILES string of the molecule is C1C2CC3CC1CC(C1(C45CC6CC(CC(C6)C4)C5)COO1)(C2)C3. The highest BCUT2D eigenvalue weighted by Gasteiger charge is 2.74. The molecule has 9 aliphatic rings. The van der Waals surface area contributed by atoms with Crippen LogP contribution in [0.25, 0.3) is 0 Å². The molecule has 0 N–H and O–H groups in total. The molecule has 132 valence electrons. The second-order valence-corrected chi connectivity index (χ2v) is 11.6. The Bertz CT molecular complexity index is 458. The lowest BCUT2D eigenvalue weighted by Gasteiger charge is -2.73. The number of hydrogen-bond acceptors (Lipinski definition) is 2. The Hall–Kier alpha value is -0.0800. The summed E-state index contributed by atoms with van der Waals surface area (Å²) in [7, 11) is 0. The summed E-state index contributed by atoms with van der Waals surface area (Å²) in [6.07, 6.45) is 18.1. The molecule has 0 amide bonds. The van der Waals surface area contributed by atoms with Gasteiger partial charge in [-0.2, -0.15) is 0 Å². The molecule has 0 unspecified atom stereocenters. The maximum Gasteiger partial charge on any atom is 0.141 e. The fourth-order valence-electron chi connectivity index (χ4n) is 10.4. The van der Waals surface area contributed by atoms with Gasteiger partial charge in [0, 0.05) is 10.8 Å². The zero-order chi connectivity index (χ0) is 15.6. The first kappa shape index (κ1) is 14.0. The molecule has 1 heterocycles. The molecule has 24 heavy (non-hydrogen) atoms. The molecule has 0 spiro atoms. The van der Waals surface area contributed by atoms with Gasteiger partial charge in [-0.3, -0.25) is 0 Å². The monoisotopic (exact) mass is 328 g/mol. The maximum absolute atomic E-state index is 6.39. The van der Waals surface area contributed by atoms with E-state index in [0.29, 0.717) is 10.8 Å². The molecule has 2 nitrogen and oxygen atoms in total. The topological polar surface area (TPSA) is 18.5 Å². The Labute approximate surface area is 146 Å². The summed E-state index contributed by atoms with van der Waals surface area (Å²) < 4.78 is 0. The van der Waals surface area contributed by atoms with Gasteiger partial charge in [0.1, 0.15) is 12.2 Å². The fourth-order valence-corrected chi connectivity index (χ4v) is 10.4. The smallest absolute Gasteiger partial charge is 0.141 e. The van der Waals surface area contributed by atoms with Crippen LogP contribution in [0.3, 0.4) is 0 Å². The minimum absolute atomic E-state index is 0.117. The maximum atomic E-state index is 6.39. The van der Waals surface area contributed by atoms with E-state index in [2.05, 4.69) is 0 Å². The highest BCUT2D eigenvalue weighted by molar-refractivity contribution is 5.21. The van der Waals surface area contributed by atoms with Crippen molar-refractivity contribution in [2.24, 2.45) is 46.3 Å². The van der Waals surface area contributed by atoms with Crippen LogP contribution in [0.4, 0.5) is 0 Å². The molecule has 0 aromatic rings. The van der Waals surface area contributed by atoms with Gasteiger partial charge in [-0.05, 0) is 113 Å². The zero-order valence-electron chi connectivity index (χ0n) is 15.0. The van der Waals surface area contributed by atoms with E-state index in [9.17, 15) is 0 Å². The third-order valence-electron chi connectivity index (χ3n) is 10.3. The van der Waals surface area contributed by atoms with Crippen molar-refractivity contribution in [2.75, 3.05) is 6.61 Å². The lowest BCUT2D eigenvalue weighted by molar-refractivity contribution is -0.537. The van der Waals surface area contributed by atoms with E-state index in [4.69, 9.17) is 9.78 Å². The summed E-state index contributed by atoms with van der Waals surface area (Å²) in [5, 5.41) is 0. The molecule has 0 aromatic carbocycles. The van der Waals surface area contributed by atoms with Crippen molar-refractivity contribution >= 4 is 0 Å². The van der Waals surface area contributed by atoms with E-state index in [0.717, 1.165) is 42.1 Å². The fraction of sp³-hybridized carbons (Fsp3) is 1.00. The molecule has 8 saturated carbocycles. The van der Waals surface area contributed by atoms with E-state index < -0.39 is 0 Å². The summed E-state index contributed by atoms with van der Waals surface area (Å²) in [5.41, 5.74) is 1.10. The van der Waals surface area contributed by atoms with Crippen molar-refractivity contribution in [3.8, 4) is 0 Å². The van der Waals surface area contributed by atoms with E-state index in [1.807, 2.05) is 0 Å². The molecule has 0 radical (unpaired) electrons. The number of hydrogen-bond donors (Lipinski definition) is 0. The quantitative estimate of drug-likeness (QED) is 0.655. The van der Waals surface area contributed by atoms with Gasteiger partial charge in [0.05, 0.1) is 0 Å². The molecule has 1 aliphatic heterocycles. The van der Waals surface area contributed by atoms with Gasteiger partial charge >= 0.3 is 0 Å². The average Bonchev–Trinajstić information content (AvgIpc) is 2.41. The molecule has 9 rings (SSSR count). The van der Waals surface area contributed by atoms with Crippen LogP contribution >= 0.6 is 0 Å². The van der Waals surface area contributed by atoms with Crippen molar-refractivity contribution in [2.45, 2.75) is 82.7 Å². The first-order valence-electron chi connectivity index (χ1n) is 11.0. The summed E-state index contributed by atoms with van der Waals surface area (Å²) >= 11 is 0. The highest BCUT2D eigenvalue weighted by Crippen LogP contribution is 2.75. The van der Waals surface area contributed by atoms with Gasteiger partial charge in [-0.15, -0.1) is 0 Å². The second-order valence-electron chi connectivity index (χ2n) is 11.6. The van der Waals surface area contributed by atoms with Crippen molar-refractivity contribution in [1.29, 1.82) is 0 Å². The van der Waals surface area contributed by atoms with Crippen molar-refractivity contribution < 1.29 is 9.78 Å². The lowest BCUT2D eigenvalue weighted by atomic mass is 9.36. The predicted molar refractivity (Wildman–Crippen MR) is 91.0 cm³/mol. The highest BCUT2D eigenvalue weighted by atomic mass is 17.2. The van der Waals surface area contributed by atoms with Crippen LogP contribution < -0.4 is 0 Å². The Kier molecular flexibility index (Phi) is 2.48. The van der Waals surface area contributed by atoms with Crippen LogP contribution in [0.15, 0.2) is 0 Å². The van der Waals surface area contributed by atoms with Crippen molar-refractivity contribution in [3.05, 3.63) is 0 Å². The normalized spacial score (nSPS) is 66.0. The summed E-state index contributed by atoms with van der Waals surface area (Å²) in [5.74, 6) is 6.12. The molecular formula is C22H32O2. The van der Waals surface area contributed by atoms with Gasteiger partial charge in [0.2, 0.25) is 0 Å². The Morgan fingerprint density at radius 3 is 1.00 bits per heavy atom. The molecule has 9 fully saturated rings. The summed E-state index contributed by atoms with van der Waals surface area (Å²) in [4.78, 5) is 12.0. The van der Waals surface area contributed by atoms with Gasteiger partial charge in [0.25, 0.3) is 0 Å². The van der Waals surface area contributed by atoms with Gasteiger partial charge in [-0.25, -0.2) is 9.78 Å². The van der Waals surface area contributed by atoms with Gasteiger partial charge < -0.3 is 0 Å². The minimum Gasteiger partial charge on any atom is -0.233 e. The van der Waals surface area contributed by atoms with Gasteiger partial charge in [0.15, 0.2) is 0 Å². The first-order chi connectivity index (χ1) is 11.7. The third kappa shape index (κ3) is 1.50. The molecule has 0 aromatic heterocycles. The van der Waals surface area contributed by atoms with E-state index in [-0.39, 0.29) is 5.60 Å². The van der Waals surface area contributed by atoms with Crippen LogP contribution in [0.5, 0.6) is 0 Å². The third-order valence-corrected chi connectivity index (χ3v) is 10.3. The molecular weight excluding hydrogens is 296 g/mol. The molecule has 8 bridgehead atoms. The van der Waals surface area contributed by atoms with Crippen LogP contribution in [0.1, 0.15) is 77.0 Å². The summed E-state index contributed by atoms with van der Waals surface area (Å²) in [6, 6.07) is 0. The largest absolute Gasteiger partial charge is 0.233 e. The van der Waals surface area contributed by atoms with Crippen molar-refractivity contribution in [3.63, 3.8) is 0 Å². The Morgan fingerprint density at radius 1 is 0.500 bits per heavy atom. The molecule has 2 heteroatoms. The first-order valence-corrected chi connectivity index (χ1v) is 11.0. The predicted octanol–water partition coefficient (Wildman–Crippen LogP) is 5.12. The molecule has 1 saturated heterocycles. The summed E-state index contributed by atoms with van der Waals surface area (Å²) in [6.45, 7) is 0.936. The van der Waals surface area contributed by atoms with E-state index in [1.165, 1.54) is 77.0 Å². The van der Waals surface area contributed by atoms with Crippen LogP contribution in [-0.2, 0) is 9.78 Å². The second kappa shape index (κ2) is 4.25. The standard InChI is InChI=1S/C22H32O2/c1-14-2-16-3-15(1)8-20(7-14,9-16)22(13-23-24-22)21-10-17-4-18(11-21)6-19(5-17)12-21/h14-19H,1-13H2. The van der Waals surface area contributed by atoms with Gasteiger partial charge in [-0.1, -0.05) is 0 Å². The van der Waals surface area contributed by atoms with Crippen LogP contribution in [0, 0.1) is 46.3 Å². The average molecular weight is 328 g/mol. The molecule has 0 atom stereocenters. The zero-order valence-corrected chi connectivity index (χ0v) is 15.0. The number of rotatable bonds is 2. The van der Waals surface area contributed by atoms with E-state index >= 15 is 0 Å². The van der Waals surface area contributed by atoms with E-state index in [1.54, 1.807) is 0 Å². The Balaban J connectivity index is 1.34. The van der Waals surface area contributed by atoms with Crippen molar-refractivity contribution in [1.82, 2.24) is 0 Å².